The van der Waals surface area contributed by atoms with Gasteiger partial charge in [0.2, 0.25) is 5.91 Å². The van der Waals surface area contributed by atoms with Gasteiger partial charge in [0, 0.05) is 26.1 Å². The second kappa shape index (κ2) is 6.89. The number of hydrogen-bond acceptors (Lipinski definition) is 3. The fourth-order valence-electron chi connectivity index (χ4n) is 1.97. The van der Waals surface area contributed by atoms with Crippen LogP contribution in [-0.4, -0.2) is 35.1 Å². The third kappa shape index (κ3) is 3.79. The van der Waals surface area contributed by atoms with Crippen molar-refractivity contribution in [3.63, 3.8) is 0 Å². The Labute approximate surface area is 113 Å². The van der Waals surface area contributed by atoms with Gasteiger partial charge in [-0.1, -0.05) is 19.1 Å². The average molecular weight is 260 g/mol. The lowest BCUT2D eigenvalue weighted by atomic mass is 10.3. The Morgan fingerprint density at radius 2 is 2.16 bits per heavy atom. The summed E-state index contributed by atoms with van der Waals surface area (Å²) in [5.41, 5.74) is 2.04. The first kappa shape index (κ1) is 13.5. The minimum absolute atomic E-state index is 0.0793. The summed E-state index contributed by atoms with van der Waals surface area (Å²) in [4.78, 5) is 16.0. The van der Waals surface area contributed by atoms with Crippen molar-refractivity contribution in [2.24, 2.45) is 0 Å². The van der Waals surface area contributed by atoms with Crippen LogP contribution in [0.5, 0.6) is 0 Å². The van der Waals surface area contributed by atoms with Crippen molar-refractivity contribution in [3.05, 3.63) is 30.6 Å². The standard InChI is InChI=1S/C14H20N4O/c1-2-15-8-9-16-14(19)7-10-18-11-17-12-5-3-4-6-13(12)18/h3-6,11,15H,2,7-10H2,1H3,(H,16,19). The van der Waals surface area contributed by atoms with E-state index in [1.165, 1.54) is 0 Å². The van der Waals surface area contributed by atoms with E-state index in [1.54, 1.807) is 6.33 Å². The Morgan fingerprint density at radius 3 is 3.00 bits per heavy atom. The highest BCUT2D eigenvalue weighted by atomic mass is 16.1. The first-order valence-corrected chi connectivity index (χ1v) is 6.68. The number of carbonyl (C=O) groups excluding carboxylic acids is 1. The maximum atomic E-state index is 11.7. The van der Waals surface area contributed by atoms with E-state index in [2.05, 4.69) is 15.6 Å². The number of amides is 1. The average Bonchev–Trinajstić information content (AvgIpc) is 2.85. The second-order valence-corrected chi connectivity index (χ2v) is 4.38. The van der Waals surface area contributed by atoms with Crippen molar-refractivity contribution in [1.29, 1.82) is 0 Å². The number of rotatable bonds is 7. The van der Waals surface area contributed by atoms with Gasteiger partial charge in [0.25, 0.3) is 0 Å². The zero-order valence-corrected chi connectivity index (χ0v) is 11.2. The molecule has 0 unspecified atom stereocenters. The maximum Gasteiger partial charge on any atom is 0.221 e. The van der Waals surface area contributed by atoms with Gasteiger partial charge in [0.05, 0.1) is 17.4 Å². The normalized spacial score (nSPS) is 10.8. The van der Waals surface area contributed by atoms with Crippen LogP contribution in [-0.2, 0) is 11.3 Å². The van der Waals surface area contributed by atoms with Crippen LogP contribution in [0.3, 0.4) is 0 Å². The predicted octanol–water partition coefficient (Wildman–Crippen LogP) is 1.15. The summed E-state index contributed by atoms with van der Waals surface area (Å²) in [5, 5.41) is 6.06. The minimum Gasteiger partial charge on any atom is -0.355 e. The highest BCUT2D eigenvalue weighted by molar-refractivity contribution is 5.77. The van der Waals surface area contributed by atoms with Gasteiger partial charge in [0.15, 0.2) is 0 Å². The molecule has 0 aliphatic rings. The van der Waals surface area contributed by atoms with E-state index < -0.39 is 0 Å². The van der Waals surface area contributed by atoms with Gasteiger partial charge >= 0.3 is 0 Å². The van der Waals surface area contributed by atoms with Crippen molar-refractivity contribution >= 4 is 16.9 Å². The molecule has 0 fully saturated rings. The number of hydrogen-bond donors (Lipinski definition) is 2. The summed E-state index contributed by atoms with van der Waals surface area (Å²) in [6.45, 7) is 5.13. The van der Waals surface area contributed by atoms with Crippen LogP contribution in [0.4, 0.5) is 0 Å². The molecule has 0 saturated carbocycles. The number of imidazole rings is 1. The number of nitrogens with one attached hydrogen (secondary N) is 2. The predicted molar refractivity (Wildman–Crippen MR) is 75.9 cm³/mol. The van der Waals surface area contributed by atoms with Crippen LogP contribution in [0.2, 0.25) is 0 Å². The van der Waals surface area contributed by atoms with E-state index >= 15 is 0 Å². The fraction of sp³-hybridized carbons (Fsp3) is 0.429. The minimum atomic E-state index is 0.0793. The molecule has 1 aromatic carbocycles. The molecular weight excluding hydrogens is 240 g/mol. The molecule has 2 aromatic rings. The smallest absolute Gasteiger partial charge is 0.221 e. The van der Waals surface area contributed by atoms with Gasteiger partial charge in [-0.2, -0.15) is 0 Å². The Kier molecular flexibility index (Phi) is 4.92. The highest BCUT2D eigenvalue weighted by Crippen LogP contribution is 2.11. The molecule has 1 heterocycles. The maximum absolute atomic E-state index is 11.7. The van der Waals surface area contributed by atoms with Crippen LogP contribution in [0, 0.1) is 0 Å². The van der Waals surface area contributed by atoms with Crippen molar-refractivity contribution in [3.8, 4) is 0 Å². The molecule has 1 aromatic heterocycles. The number of aryl methyl sites for hydroxylation is 1. The number of carbonyl (C=O) groups is 1. The molecule has 102 valence electrons. The molecule has 0 atom stereocenters. The lowest BCUT2D eigenvalue weighted by molar-refractivity contribution is -0.121. The third-order valence-corrected chi connectivity index (χ3v) is 2.98. The zero-order chi connectivity index (χ0) is 13.5. The third-order valence-electron chi connectivity index (χ3n) is 2.98. The van der Waals surface area contributed by atoms with Crippen LogP contribution in [0.1, 0.15) is 13.3 Å². The molecule has 0 aliphatic carbocycles. The summed E-state index contributed by atoms with van der Waals surface area (Å²) in [6.07, 6.45) is 2.27. The van der Waals surface area contributed by atoms with E-state index in [1.807, 2.05) is 35.8 Å². The molecule has 0 radical (unpaired) electrons. The summed E-state index contributed by atoms with van der Waals surface area (Å²) in [5.74, 6) is 0.0793. The topological polar surface area (TPSA) is 58.9 Å². The Morgan fingerprint density at radius 1 is 1.32 bits per heavy atom. The Hall–Kier alpha value is -1.88. The van der Waals surface area contributed by atoms with Crippen LogP contribution < -0.4 is 10.6 Å². The molecule has 0 bridgehead atoms. The van der Waals surface area contributed by atoms with E-state index in [0.717, 1.165) is 24.1 Å². The lowest BCUT2D eigenvalue weighted by Crippen LogP contribution is -2.32. The molecule has 2 rings (SSSR count). The number of para-hydroxylation sites is 2. The Balaban J connectivity index is 1.80. The first-order valence-electron chi connectivity index (χ1n) is 6.68. The highest BCUT2D eigenvalue weighted by Gasteiger charge is 2.04. The number of nitrogens with zero attached hydrogens (tertiary/aromatic N) is 2. The summed E-state index contributed by atoms with van der Waals surface area (Å²) in [7, 11) is 0. The molecule has 19 heavy (non-hydrogen) atoms. The van der Waals surface area contributed by atoms with E-state index in [4.69, 9.17) is 0 Å². The zero-order valence-electron chi connectivity index (χ0n) is 11.2. The Bertz CT molecular complexity index is 535. The molecule has 0 saturated heterocycles. The number of benzene rings is 1. The summed E-state index contributed by atoms with van der Waals surface area (Å²) >= 11 is 0. The molecule has 1 amide bonds. The van der Waals surface area contributed by atoms with Crippen molar-refractivity contribution in [2.75, 3.05) is 19.6 Å². The monoisotopic (exact) mass is 260 g/mol. The SMILES string of the molecule is CCNCCNC(=O)CCn1cnc2ccccc21. The van der Waals surface area contributed by atoms with E-state index in [-0.39, 0.29) is 5.91 Å². The van der Waals surface area contributed by atoms with Gasteiger partial charge in [0.1, 0.15) is 0 Å². The van der Waals surface area contributed by atoms with E-state index in [0.29, 0.717) is 19.5 Å². The molecule has 2 N–H and O–H groups in total. The van der Waals surface area contributed by atoms with Gasteiger partial charge in [-0.05, 0) is 18.7 Å². The fourth-order valence-corrected chi connectivity index (χ4v) is 1.97. The van der Waals surface area contributed by atoms with Crippen molar-refractivity contribution in [2.45, 2.75) is 19.9 Å². The molecule has 5 nitrogen and oxygen atoms in total. The first-order chi connectivity index (χ1) is 9.31. The van der Waals surface area contributed by atoms with Gasteiger partial charge < -0.3 is 15.2 Å². The van der Waals surface area contributed by atoms with Crippen molar-refractivity contribution < 1.29 is 4.79 Å². The molecule has 0 aliphatic heterocycles. The molecule has 0 spiro atoms. The summed E-state index contributed by atoms with van der Waals surface area (Å²) < 4.78 is 2.01. The van der Waals surface area contributed by atoms with Crippen LogP contribution >= 0.6 is 0 Å². The number of aromatic nitrogens is 2. The van der Waals surface area contributed by atoms with Gasteiger partial charge in [-0.25, -0.2) is 4.98 Å². The molecule has 5 heteroatoms. The molecular formula is C14H20N4O. The van der Waals surface area contributed by atoms with Gasteiger partial charge in [-0.15, -0.1) is 0 Å². The lowest BCUT2D eigenvalue weighted by Gasteiger charge is -2.06. The van der Waals surface area contributed by atoms with Crippen LogP contribution in [0.25, 0.3) is 11.0 Å². The van der Waals surface area contributed by atoms with E-state index in [9.17, 15) is 4.79 Å². The number of likely N-dealkylation sites (N-methyl/N-ethyl adjacent to an activating group) is 1. The van der Waals surface area contributed by atoms with Crippen LogP contribution in [0.15, 0.2) is 30.6 Å². The second-order valence-electron chi connectivity index (χ2n) is 4.38. The number of fused-ring (bicyclic) bond motifs is 1. The van der Waals surface area contributed by atoms with Gasteiger partial charge in [-0.3, -0.25) is 4.79 Å². The van der Waals surface area contributed by atoms with Crippen molar-refractivity contribution in [1.82, 2.24) is 20.2 Å². The summed E-state index contributed by atoms with van der Waals surface area (Å²) in [6, 6.07) is 7.94. The quantitative estimate of drug-likeness (QED) is 0.734. The largest absolute Gasteiger partial charge is 0.355 e.